The summed E-state index contributed by atoms with van der Waals surface area (Å²) in [5.41, 5.74) is 0. The molecule has 2 aliphatic rings. The van der Waals surface area contributed by atoms with Gasteiger partial charge in [-0.3, -0.25) is 14.5 Å². The van der Waals surface area contributed by atoms with Gasteiger partial charge < -0.3 is 14.5 Å². The minimum atomic E-state index is 0.0930. The number of nitrogens with zero attached hydrogens (tertiary/aromatic N) is 3. The number of carbonyl (C=O) groups excluding carboxylic acids is 2. The van der Waals surface area contributed by atoms with Crippen LogP contribution < -0.4 is 0 Å². The lowest BCUT2D eigenvalue weighted by atomic mass is 10.2. The second kappa shape index (κ2) is 7.04. The highest BCUT2D eigenvalue weighted by Crippen LogP contribution is 2.10. The average molecular weight is 283 g/mol. The highest BCUT2D eigenvalue weighted by Gasteiger charge is 2.25. The van der Waals surface area contributed by atoms with E-state index in [0.717, 1.165) is 19.6 Å². The second-order valence-corrected chi connectivity index (χ2v) is 5.61. The van der Waals surface area contributed by atoms with Gasteiger partial charge in [0.25, 0.3) is 0 Å². The standard InChI is InChI=1S/C14H25N3O3/c1-12-3-9-20-10-8-17(12)11-14(19)16-6-4-15(5-7-16)13(2)18/h12H,3-11H2,1-2H3. The van der Waals surface area contributed by atoms with Gasteiger partial charge in [0.2, 0.25) is 11.8 Å². The summed E-state index contributed by atoms with van der Waals surface area (Å²) in [4.78, 5) is 29.5. The van der Waals surface area contributed by atoms with Gasteiger partial charge in [0.15, 0.2) is 0 Å². The van der Waals surface area contributed by atoms with Crippen LogP contribution in [0.3, 0.4) is 0 Å². The van der Waals surface area contributed by atoms with Crippen molar-refractivity contribution in [2.24, 2.45) is 0 Å². The topological polar surface area (TPSA) is 53.1 Å². The SMILES string of the molecule is CC(=O)N1CCN(C(=O)CN2CCOCCC2C)CC1. The summed E-state index contributed by atoms with van der Waals surface area (Å²) >= 11 is 0. The van der Waals surface area contributed by atoms with E-state index in [1.165, 1.54) is 0 Å². The van der Waals surface area contributed by atoms with Crippen molar-refractivity contribution < 1.29 is 14.3 Å². The van der Waals surface area contributed by atoms with E-state index in [2.05, 4.69) is 11.8 Å². The number of amides is 2. The Morgan fingerprint density at radius 3 is 2.35 bits per heavy atom. The monoisotopic (exact) mass is 283 g/mol. The van der Waals surface area contributed by atoms with Crippen LogP contribution in [0.2, 0.25) is 0 Å². The first-order valence-corrected chi connectivity index (χ1v) is 7.43. The van der Waals surface area contributed by atoms with Crippen molar-refractivity contribution in [3.63, 3.8) is 0 Å². The first-order valence-electron chi connectivity index (χ1n) is 7.43. The number of piperazine rings is 1. The van der Waals surface area contributed by atoms with E-state index in [1.807, 2.05) is 4.90 Å². The molecule has 2 aliphatic heterocycles. The van der Waals surface area contributed by atoms with E-state index in [1.54, 1.807) is 11.8 Å². The van der Waals surface area contributed by atoms with E-state index in [9.17, 15) is 9.59 Å². The van der Waals surface area contributed by atoms with Gasteiger partial charge in [0.05, 0.1) is 13.2 Å². The summed E-state index contributed by atoms with van der Waals surface area (Å²) in [7, 11) is 0. The zero-order chi connectivity index (χ0) is 14.5. The van der Waals surface area contributed by atoms with Crippen LogP contribution in [0.15, 0.2) is 0 Å². The maximum Gasteiger partial charge on any atom is 0.236 e. The van der Waals surface area contributed by atoms with Crippen LogP contribution in [0.5, 0.6) is 0 Å². The third kappa shape index (κ3) is 3.93. The molecule has 0 aliphatic carbocycles. The highest BCUT2D eigenvalue weighted by atomic mass is 16.5. The Kier molecular flexibility index (Phi) is 5.37. The van der Waals surface area contributed by atoms with Gasteiger partial charge in [0, 0.05) is 52.3 Å². The minimum absolute atomic E-state index is 0.0930. The molecule has 2 heterocycles. The summed E-state index contributed by atoms with van der Waals surface area (Å²) in [5.74, 6) is 0.261. The van der Waals surface area contributed by atoms with E-state index >= 15 is 0 Å². The summed E-state index contributed by atoms with van der Waals surface area (Å²) in [6.45, 7) is 9.10. The molecule has 2 fully saturated rings. The molecule has 6 nitrogen and oxygen atoms in total. The van der Waals surface area contributed by atoms with Crippen molar-refractivity contribution in [3.05, 3.63) is 0 Å². The van der Waals surface area contributed by atoms with Gasteiger partial charge >= 0.3 is 0 Å². The zero-order valence-corrected chi connectivity index (χ0v) is 12.5. The van der Waals surface area contributed by atoms with Crippen LogP contribution >= 0.6 is 0 Å². The van der Waals surface area contributed by atoms with Crippen molar-refractivity contribution in [2.45, 2.75) is 26.3 Å². The fourth-order valence-corrected chi connectivity index (χ4v) is 2.72. The predicted octanol–water partition coefficient (Wildman–Crippen LogP) is -0.212. The maximum atomic E-state index is 12.3. The summed E-state index contributed by atoms with van der Waals surface area (Å²) in [6.07, 6.45) is 0.978. The van der Waals surface area contributed by atoms with Crippen LogP contribution in [0.1, 0.15) is 20.3 Å². The highest BCUT2D eigenvalue weighted by molar-refractivity contribution is 5.79. The van der Waals surface area contributed by atoms with Crippen molar-refractivity contribution in [2.75, 3.05) is 52.5 Å². The minimum Gasteiger partial charge on any atom is -0.380 e. The lowest BCUT2D eigenvalue weighted by molar-refractivity contribution is -0.139. The molecule has 0 spiro atoms. The average Bonchev–Trinajstić information content (AvgIpc) is 2.64. The molecule has 20 heavy (non-hydrogen) atoms. The molecule has 2 rings (SSSR count). The van der Waals surface area contributed by atoms with Crippen LogP contribution in [0.4, 0.5) is 0 Å². The molecule has 1 unspecified atom stereocenters. The summed E-state index contributed by atoms with van der Waals surface area (Å²) < 4.78 is 5.45. The van der Waals surface area contributed by atoms with Crippen molar-refractivity contribution >= 4 is 11.8 Å². The van der Waals surface area contributed by atoms with Gasteiger partial charge in [-0.25, -0.2) is 0 Å². The molecule has 1 atom stereocenters. The van der Waals surface area contributed by atoms with Crippen LogP contribution in [-0.2, 0) is 14.3 Å². The number of ether oxygens (including phenoxy) is 1. The predicted molar refractivity (Wildman–Crippen MR) is 75.3 cm³/mol. The summed E-state index contributed by atoms with van der Waals surface area (Å²) in [5, 5.41) is 0. The molecule has 2 saturated heterocycles. The molecule has 0 aromatic carbocycles. The molecule has 0 N–H and O–H groups in total. The zero-order valence-electron chi connectivity index (χ0n) is 12.5. The van der Waals surface area contributed by atoms with E-state index < -0.39 is 0 Å². The third-order valence-electron chi connectivity index (χ3n) is 4.24. The van der Waals surface area contributed by atoms with Gasteiger partial charge in [-0.15, -0.1) is 0 Å². The van der Waals surface area contributed by atoms with Gasteiger partial charge in [-0.05, 0) is 13.3 Å². The number of carbonyl (C=O) groups is 2. The fraction of sp³-hybridized carbons (Fsp3) is 0.857. The number of rotatable bonds is 2. The van der Waals surface area contributed by atoms with Crippen LogP contribution in [0, 0.1) is 0 Å². The number of hydrogen-bond acceptors (Lipinski definition) is 4. The van der Waals surface area contributed by atoms with Gasteiger partial charge in [-0.1, -0.05) is 0 Å². The van der Waals surface area contributed by atoms with Crippen molar-refractivity contribution in [1.29, 1.82) is 0 Å². The first kappa shape index (κ1) is 15.3. The first-order chi connectivity index (χ1) is 9.58. The van der Waals surface area contributed by atoms with Crippen LogP contribution in [0.25, 0.3) is 0 Å². The van der Waals surface area contributed by atoms with E-state index in [4.69, 9.17) is 4.74 Å². The Hall–Kier alpha value is -1.14. The largest absolute Gasteiger partial charge is 0.380 e. The molecule has 0 aromatic rings. The molecule has 6 heteroatoms. The Bertz CT molecular complexity index is 354. The Balaban J connectivity index is 1.81. The van der Waals surface area contributed by atoms with E-state index in [-0.39, 0.29) is 11.8 Å². The maximum absolute atomic E-state index is 12.3. The molecule has 0 bridgehead atoms. The second-order valence-electron chi connectivity index (χ2n) is 5.61. The molecular weight excluding hydrogens is 258 g/mol. The molecule has 0 radical (unpaired) electrons. The van der Waals surface area contributed by atoms with Gasteiger partial charge in [-0.2, -0.15) is 0 Å². The van der Waals surface area contributed by atoms with Gasteiger partial charge in [0.1, 0.15) is 0 Å². The summed E-state index contributed by atoms with van der Waals surface area (Å²) in [6, 6.07) is 0.389. The molecule has 114 valence electrons. The van der Waals surface area contributed by atoms with E-state index in [0.29, 0.717) is 45.4 Å². The van der Waals surface area contributed by atoms with Crippen molar-refractivity contribution in [3.8, 4) is 0 Å². The lowest BCUT2D eigenvalue weighted by Crippen LogP contribution is -2.53. The van der Waals surface area contributed by atoms with Crippen LogP contribution in [-0.4, -0.2) is 85.0 Å². The third-order valence-corrected chi connectivity index (χ3v) is 4.24. The smallest absolute Gasteiger partial charge is 0.236 e. The molecular formula is C14H25N3O3. The Morgan fingerprint density at radius 2 is 1.70 bits per heavy atom. The lowest BCUT2D eigenvalue weighted by Gasteiger charge is -2.36. The quantitative estimate of drug-likeness (QED) is 0.703. The fourth-order valence-electron chi connectivity index (χ4n) is 2.72. The number of hydrogen-bond donors (Lipinski definition) is 0. The Labute approximate surface area is 120 Å². The molecule has 2 amide bonds. The normalized spacial score (nSPS) is 25.4. The Morgan fingerprint density at radius 1 is 1.05 bits per heavy atom. The molecule has 0 aromatic heterocycles. The molecule has 0 saturated carbocycles. The van der Waals surface area contributed by atoms with Crippen molar-refractivity contribution in [1.82, 2.24) is 14.7 Å².